The molecule has 0 atom stereocenters. The van der Waals surface area contributed by atoms with E-state index in [-0.39, 0.29) is 6.67 Å². The second-order valence-corrected chi connectivity index (χ2v) is 5.03. The summed E-state index contributed by atoms with van der Waals surface area (Å²) in [5.74, 6) is 0.846. The minimum atomic E-state index is -0.184. The molecule has 3 heteroatoms. The minimum Gasteiger partial charge on any atom is -0.306 e. The number of rotatable bonds is 5. The van der Waals surface area contributed by atoms with Gasteiger partial charge in [-0.05, 0) is 32.2 Å². The summed E-state index contributed by atoms with van der Waals surface area (Å²) in [5, 5.41) is 0. The average Bonchev–Trinajstić information content (AvgIpc) is 1.98. The van der Waals surface area contributed by atoms with Crippen LogP contribution in [0, 0.1) is 5.92 Å². The average molecular weight is 238 g/mol. The van der Waals surface area contributed by atoms with E-state index < -0.39 is 0 Å². The molecule has 0 bridgehead atoms. The molecule has 0 amide bonds. The largest absolute Gasteiger partial charge is 0.306 e. The predicted octanol–water partition coefficient (Wildman–Crippen LogP) is 2.45. The molecule has 0 radical (unpaired) electrons. The van der Waals surface area contributed by atoms with E-state index in [9.17, 15) is 4.39 Å². The lowest BCUT2D eigenvalue weighted by molar-refractivity contribution is 0.207. The summed E-state index contributed by atoms with van der Waals surface area (Å²) in [6.07, 6.45) is 3.26. The Labute approximate surface area is 82.4 Å². The van der Waals surface area contributed by atoms with Crippen molar-refractivity contribution in [1.29, 1.82) is 0 Å². The van der Waals surface area contributed by atoms with Gasteiger partial charge in [0.05, 0.1) is 6.67 Å². The molecular formula is C9H17BrFN. The van der Waals surface area contributed by atoms with Gasteiger partial charge in [0.1, 0.15) is 0 Å². The fourth-order valence-corrected chi connectivity index (χ4v) is 2.72. The van der Waals surface area contributed by atoms with Crippen LogP contribution in [-0.2, 0) is 0 Å². The second kappa shape index (κ2) is 5.18. The van der Waals surface area contributed by atoms with Gasteiger partial charge >= 0.3 is 0 Å². The molecular weight excluding hydrogens is 221 g/mol. The molecule has 0 aromatic carbocycles. The van der Waals surface area contributed by atoms with Crippen molar-refractivity contribution < 1.29 is 4.39 Å². The van der Waals surface area contributed by atoms with Crippen LogP contribution < -0.4 is 0 Å². The summed E-state index contributed by atoms with van der Waals surface area (Å²) >= 11 is 3.56. The zero-order valence-corrected chi connectivity index (χ0v) is 9.19. The Kier molecular flexibility index (Phi) is 4.51. The molecule has 1 aliphatic rings. The van der Waals surface area contributed by atoms with Crippen molar-refractivity contribution in [3.8, 4) is 0 Å². The maximum atomic E-state index is 11.8. The Morgan fingerprint density at radius 1 is 1.50 bits per heavy atom. The Morgan fingerprint density at radius 2 is 2.17 bits per heavy atom. The third kappa shape index (κ3) is 3.40. The van der Waals surface area contributed by atoms with E-state index in [1.54, 1.807) is 0 Å². The van der Waals surface area contributed by atoms with E-state index in [2.05, 4.69) is 27.9 Å². The highest BCUT2D eigenvalue weighted by Gasteiger charge is 2.27. The molecule has 1 nitrogen and oxygen atoms in total. The highest BCUT2D eigenvalue weighted by atomic mass is 79.9. The number of nitrogens with zero attached hydrogens (tertiary/aromatic N) is 1. The van der Waals surface area contributed by atoms with E-state index in [0.717, 1.165) is 23.8 Å². The Bertz CT molecular complexity index is 126. The molecule has 0 spiro atoms. The molecule has 1 saturated carbocycles. The smallest absolute Gasteiger partial charge is 0.0906 e. The first-order valence-electron chi connectivity index (χ1n) is 4.61. The molecule has 0 unspecified atom stereocenters. The van der Waals surface area contributed by atoms with Crippen LogP contribution in [-0.4, -0.2) is 36.5 Å². The number of hydrogen-bond acceptors (Lipinski definition) is 1. The lowest BCUT2D eigenvalue weighted by atomic mass is 9.85. The summed E-state index contributed by atoms with van der Waals surface area (Å²) in [7, 11) is 2.08. The van der Waals surface area contributed by atoms with Crippen molar-refractivity contribution in [1.82, 2.24) is 4.90 Å². The van der Waals surface area contributed by atoms with Crippen LogP contribution >= 0.6 is 15.9 Å². The fourth-order valence-electron chi connectivity index (χ4n) is 1.67. The third-order valence-electron chi connectivity index (χ3n) is 2.42. The van der Waals surface area contributed by atoms with Crippen molar-refractivity contribution in [2.45, 2.75) is 24.1 Å². The van der Waals surface area contributed by atoms with Crippen molar-refractivity contribution in [3.63, 3.8) is 0 Å². The van der Waals surface area contributed by atoms with Gasteiger partial charge in [-0.15, -0.1) is 0 Å². The molecule has 0 heterocycles. The van der Waals surface area contributed by atoms with Crippen molar-refractivity contribution in [3.05, 3.63) is 0 Å². The highest BCUT2D eigenvalue weighted by molar-refractivity contribution is 9.09. The Balaban J connectivity index is 1.98. The van der Waals surface area contributed by atoms with Crippen molar-refractivity contribution in [2.75, 3.05) is 26.8 Å². The van der Waals surface area contributed by atoms with Crippen LogP contribution in [0.4, 0.5) is 4.39 Å². The molecule has 0 aromatic heterocycles. The van der Waals surface area contributed by atoms with E-state index in [4.69, 9.17) is 0 Å². The van der Waals surface area contributed by atoms with Gasteiger partial charge in [0.15, 0.2) is 0 Å². The Hall–Kier alpha value is 0.370. The fraction of sp³-hybridized carbons (Fsp3) is 1.00. The van der Waals surface area contributed by atoms with Crippen LogP contribution in [0.15, 0.2) is 0 Å². The maximum absolute atomic E-state index is 11.8. The van der Waals surface area contributed by atoms with Gasteiger partial charge in [0, 0.05) is 17.9 Å². The van der Waals surface area contributed by atoms with Gasteiger partial charge in [-0.25, -0.2) is 0 Å². The molecule has 1 aliphatic carbocycles. The zero-order chi connectivity index (χ0) is 8.97. The third-order valence-corrected chi connectivity index (χ3v) is 3.17. The topological polar surface area (TPSA) is 3.24 Å². The molecule has 0 aliphatic heterocycles. The molecule has 1 rings (SSSR count). The van der Waals surface area contributed by atoms with Gasteiger partial charge < -0.3 is 4.90 Å². The van der Waals surface area contributed by atoms with Crippen molar-refractivity contribution >= 4 is 15.9 Å². The van der Waals surface area contributed by atoms with Crippen LogP contribution in [0.5, 0.6) is 0 Å². The summed E-state index contributed by atoms with van der Waals surface area (Å²) in [6.45, 7) is 1.86. The number of hydrogen-bond donors (Lipinski definition) is 0. The van der Waals surface area contributed by atoms with Crippen molar-refractivity contribution in [2.24, 2.45) is 5.92 Å². The number of halogens is 2. The lowest BCUT2D eigenvalue weighted by Gasteiger charge is -2.34. The van der Waals surface area contributed by atoms with Crippen LogP contribution in [0.25, 0.3) is 0 Å². The standard InChI is InChI=1S/C9H17BrFN/c1-12(4-2-3-11)7-8-5-9(10)6-8/h8-9H,2-7H2,1H3. The normalized spacial score (nSPS) is 29.0. The minimum absolute atomic E-state index is 0.184. The Morgan fingerprint density at radius 3 is 2.67 bits per heavy atom. The SMILES string of the molecule is CN(CCCF)CC1CC(Br)C1. The first-order valence-corrected chi connectivity index (χ1v) is 5.52. The molecule has 0 saturated heterocycles. The van der Waals surface area contributed by atoms with Gasteiger partial charge in [0.2, 0.25) is 0 Å². The molecule has 72 valence electrons. The molecule has 1 fully saturated rings. The molecule has 12 heavy (non-hydrogen) atoms. The van der Waals surface area contributed by atoms with Crippen LogP contribution in [0.2, 0.25) is 0 Å². The summed E-state index contributed by atoms with van der Waals surface area (Å²) in [6, 6.07) is 0. The predicted molar refractivity (Wildman–Crippen MR) is 53.5 cm³/mol. The van der Waals surface area contributed by atoms with E-state index >= 15 is 0 Å². The maximum Gasteiger partial charge on any atom is 0.0906 e. The zero-order valence-electron chi connectivity index (χ0n) is 7.60. The molecule has 0 N–H and O–H groups in total. The first kappa shape index (κ1) is 10.5. The number of alkyl halides is 2. The quantitative estimate of drug-likeness (QED) is 0.665. The monoisotopic (exact) mass is 237 g/mol. The van der Waals surface area contributed by atoms with Crippen LogP contribution in [0.3, 0.4) is 0 Å². The van der Waals surface area contributed by atoms with Crippen LogP contribution in [0.1, 0.15) is 19.3 Å². The molecule has 0 aromatic rings. The summed E-state index contributed by atoms with van der Waals surface area (Å²) in [4.78, 5) is 2.99. The highest BCUT2D eigenvalue weighted by Crippen LogP contribution is 2.33. The second-order valence-electron chi connectivity index (χ2n) is 3.74. The van der Waals surface area contributed by atoms with Gasteiger partial charge in [-0.2, -0.15) is 0 Å². The van der Waals surface area contributed by atoms with Gasteiger partial charge in [-0.3, -0.25) is 4.39 Å². The lowest BCUT2D eigenvalue weighted by Crippen LogP contribution is -2.35. The summed E-state index contributed by atoms with van der Waals surface area (Å²) < 4.78 is 11.8. The van der Waals surface area contributed by atoms with E-state index in [1.165, 1.54) is 12.8 Å². The van der Waals surface area contributed by atoms with E-state index in [0.29, 0.717) is 6.42 Å². The van der Waals surface area contributed by atoms with Gasteiger partial charge in [0.25, 0.3) is 0 Å². The van der Waals surface area contributed by atoms with E-state index in [1.807, 2.05) is 0 Å². The summed E-state index contributed by atoms with van der Waals surface area (Å²) in [5.41, 5.74) is 0. The first-order chi connectivity index (χ1) is 5.72. The van der Waals surface area contributed by atoms with Gasteiger partial charge in [-0.1, -0.05) is 15.9 Å².